The van der Waals surface area contributed by atoms with Crippen LogP contribution in [0.25, 0.3) is 0 Å². The summed E-state index contributed by atoms with van der Waals surface area (Å²) < 4.78 is 5.18. The van der Waals surface area contributed by atoms with Gasteiger partial charge in [-0.25, -0.2) is 9.97 Å². The lowest BCUT2D eigenvalue weighted by atomic mass is 9.95. The maximum absolute atomic E-state index is 12.5. The summed E-state index contributed by atoms with van der Waals surface area (Å²) in [5.41, 5.74) is 1.64. The summed E-state index contributed by atoms with van der Waals surface area (Å²) in [6, 6.07) is 10.0. The van der Waals surface area contributed by atoms with Crippen molar-refractivity contribution in [2.24, 2.45) is 0 Å². The molecule has 1 amide bonds. The lowest BCUT2D eigenvalue weighted by molar-refractivity contribution is 0.0922. The van der Waals surface area contributed by atoms with Gasteiger partial charge in [-0.15, -0.1) is 0 Å². The highest BCUT2D eigenvalue weighted by atomic mass is 16.5. The number of anilines is 1. The van der Waals surface area contributed by atoms with Crippen molar-refractivity contribution >= 4 is 11.7 Å². The van der Waals surface area contributed by atoms with Crippen molar-refractivity contribution in [3.05, 3.63) is 47.4 Å². The number of hydrogen-bond acceptors (Lipinski definition) is 5. The summed E-state index contributed by atoms with van der Waals surface area (Å²) in [5, 5.41) is 6.41. The number of carbonyl (C=O) groups is 1. The van der Waals surface area contributed by atoms with Gasteiger partial charge in [-0.2, -0.15) is 0 Å². The molecule has 1 heterocycles. The molecule has 1 saturated carbocycles. The molecule has 0 unspecified atom stereocenters. The first-order valence-electron chi connectivity index (χ1n) is 9.67. The molecule has 0 bridgehead atoms. The Morgan fingerprint density at radius 2 is 1.89 bits per heavy atom. The van der Waals surface area contributed by atoms with Crippen LogP contribution in [0.4, 0.5) is 5.82 Å². The van der Waals surface area contributed by atoms with E-state index in [1.54, 1.807) is 13.2 Å². The van der Waals surface area contributed by atoms with Crippen LogP contribution in [-0.4, -0.2) is 35.6 Å². The van der Waals surface area contributed by atoms with Crippen LogP contribution < -0.4 is 15.4 Å². The Kier molecular flexibility index (Phi) is 6.63. The second-order valence-corrected chi connectivity index (χ2v) is 7.02. The number of aromatic nitrogens is 2. The van der Waals surface area contributed by atoms with E-state index in [1.807, 2.05) is 19.1 Å². The van der Waals surface area contributed by atoms with Crippen LogP contribution in [0.2, 0.25) is 0 Å². The molecule has 0 atom stereocenters. The highest BCUT2D eigenvalue weighted by Crippen LogP contribution is 2.18. The smallest absolute Gasteiger partial charge is 0.270 e. The quantitative estimate of drug-likeness (QED) is 0.782. The zero-order valence-electron chi connectivity index (χ0n) is 16.1. The zero-order chi connectivity index (χ0) is 19.1. The van der Waals surface area contributed by atoms with E-state index in [2.05, 4.69) is 32.7 Å². The van der Waals surface area contributed by atoms with Crippen molar-refractivity contribution in [2.45, 2.75) is 51.5 Å². The molecule has 0 saturated heterocycles. The SMILES string of the molecule is COc1ccc(CCNc2cc(C(=O)NC3CCCCC3)nc(C)n2)cc1. The lowest BCUT2D eigenvalue weighted by Crippen LogP contribution is -2.36. The van der Waals surface area contributed by atoms with Crippen LogP contribution in [0.5, 0.6) is 5.75 Å². The molecule has 1 aromatic heterocycles. The number of hydrogen-bond donors (Lipinski definition) is 2. The fourth-order valence-corrected chi connectivity index (χ4v) is 3.41. The van der Waals surface area contributed by atoms with Gasteiger partial charge >= 0.3 is 0 Å². The molecular formula is C21H28N4O2. The number of rotatable bonds is 7. The van der Waals surface area contributed by atoms with Crippen LogP contribution in [0, 0.1) is 6.92 Å². The molecule has 3 rings (SSSR count). The topological polar surface area (TPSA) is 76.1 Å². The van der Waals surface area contributed by atoms with Gasteiger partial charge in [-0.1, -0.05) is 31.4 Å². The number of benzene rings is 1. The van der Waals surface area contributed by atoms with Gasteiger partial charge in [0.25, 0.3) is 5.91 Å². The van der Waals surface area contributed by atoms with E-state index >= 15 is 0 Å². The average Bonchev–Trinajstić information content (AvgIpc) is 2.69. The fourth-order valence-electron chi connectivity index (χ4n) is 3.41. The number of nitrogens with one attached hydrogen (secondary N) is 2. The van der Waals surface area contributed by atoms with Crippen molar-refractivity contribution in [1.29, 1.82) is 0 Å². The van der Waals surface area contributed by atoms with E-state index in [0.29, 0.717) is 17.3 Å². The molecular weight excluding hydrogens is 340 g/mol. The van der Waals surface area contributed by atoms with Gasteiger partial charge in [0.1, 0.15) is 23.1 Å². The first kappa shape index (κ1) is 19.1. The molecule has 1 aromatic carbocycles. The number of methoxy groups -OCH3 is 1. The van der Waals surface area contributed by atoms with Gasteiger partial charge in [0.05, 0.1) is 7.11 Å². The minimum atomic E-state index is -0.106. The monoisotopic (exact) mass is 368 g/mol. The highest BCUT2D eigenvalue weighted by molar-refractivity contribution is 5.93. The molecule has 1 fully saturated rings. The average molecular weight is 368 g/mol. The van der Waals surface area contributed by atoms with Gasteiger partial charge in [-0.3, -0.25) is 4.79 Å². The largest absolute Gasteiger partial charge is 0.497 e. The summed E-state index contributed by atoms with van der Waals surface area (Å²) in [5.74, 6) is 2.03. The van der Waals surface area contributed by atoms with Gasteiger partial charge in [0.2, 0.25) is 0 Å². The molecule has 0 spiro atoms. The maximum Gasteiger partial charge on any atom is 0.270 e. The third-order valence-electron chi connectivity index (χ3n) is 4.89. The van der Waals surface area contributed by atoms with Crippen LogP contribution >= 0.6 is 0 Å². The first-order chi connectivity index (χ1) is 13.1. The minimum absolute atomic E-state index is 0.106. The molecule has 0 radical (unpaired) electrons. The van der Waals surface area contributed by atoms with Crippen LogP contribution in [0.15, 0.2) is 30.3 Å². The van der Waals surface area contributed by atoms with Crippen LogP contribution in [0.1, 0.15) is 54.0 Å². The van der Waals surface area contributed by atoms with E-state index in [-0.39, 0.29) is 11.9 Å². The van der Waals surface area contributed by atoms with Crippen molar-refractivity contribution < 1.29 is 9.53 Å². The van der Waals surface area contributed by atoms with Gasteiger partial charge in [0.15, 0.2) is 0 Å². The third-order valence-corrected chi connectivity index (χ3v) is 4.89. The van der Waals surface area contributed by atoms with Crippen molar-refractivity contribution in [3.63, 3.8) is 0 Å². The summed E-state index contributed by atoms with van der Waals surface area (Å²) in [4.78, 5) is 21.2. The van der Waals surface area contributed by atoms with Crippen LogP contribution in [0.3, 0.4) is 0 Å². The number of aryl methyl sites for hydroxylation is 1. The van der Waals surface area contributed by atoms with Crippen LogP contribution in [-0.2, 0) is 6.42 Å². The number of amides is 1. The van der Waals surface area contributed by atoms with Crippen molar-refractivity contribution in [1.82, 2.24) is 15.3 Å². The van der Waals surface area contributed by atoms with Crippen molar-refractivity contribution in [2.75, 3.05) is 19.0 Å². The van der Waals surface area contributed by atoms with E-state index in [1.165, 1.54) is 24.8 Å². The second kappa shape index (κ2) is 9.35. The van der Waals surface area contributed by atoms with E-state index in [4.69, 9.17) is 4.74 Å². The maximum atomic E-state index is 12.5. The van der Waals surface area contributed by atoms with E-state index < -0.39 is 0 Å². The Morgan fingerprint density at radius 3 is 2.59 bits per heavy atom. The molecule has 1 aliphatic rings. The van der Waals surface area contributed by atoms with E-state index in [0.717, 1.165) is 31.6 Å². The molecule has 144 valence electrons. The Labute approximate surface area is 160 Å². The second-order valence-electron chi connectivity index (χ2n) is 7.02. The Bertz CT molecular complexity index is 755. The molecule has 6 nitrogen and oxygen atoms in total. The summed E-state index contributed by atoms with van der Waals surface area (Å²) in [7, 11) is 1.66. The number of carbonyl (C=O) groups excluding carboxylic acids is 1. The van der Waals surface area contributed by atoms with Crippen molar-refractivity contribution in [3.8, 4) is 5.75 Å². The first-order valence-corrected chi connectivity index (χ1v) is 9.67. The number of nitrogens with zero attached hydrogens (tertiary/aromatic N) is 2. The Hall–Kier alpha value is -2.63. The zero-order valence-corrected chi connectivity index (χ0v) is 16.1. The third kappa shape index (κ3) is 5.67. The van der Waals surface area contributed by atoms with Gasteiger partial charge in [0, 0.05) is 18.7 Å². The van der Waals surface area contributed by atoms with Gasteiger partial charge < -0.3 is 15.4 Å². The summed E-state index contributed by atoms with van der Waals surface area (Å²) in [6.45, 7) is 2.54. The minimum Gasteiger partial charge on any atom is -0.497 e. The fraction of sp³-hybridized carbons (Fsp3) is 0.476. The lowest BCUT2D eigenvalue weighted by Gasteiger charge is -2.22. The van der Waals surface area contributed by atoms with E-state index in [9.17, 15) is 4.79 Å². The van der Waals surface area contributed by atoms with Gasteiger partial charge in [-0.05, 0) is 43.9 Å². The molecule has 0 aliphatic heterocycles. The normalized spacial score (nSPS) is 14.6. The molecule has 2 aromatic rings. The number of ether oxygens (including phenoxy) is 1. The predicted molar refractivity (Wildman–Crippen MR) is 106 cm³/mol. The highest BCUT2D eigenvalue weighted by Gasteiger charge is 2.18. The molecule has 6 heteroatoms. The molecule has 1 aliphatic carbocycles. The molecule has 2 N–H and O–H groups in total. The summed E-state index contributed by atoms with van der Waals surface area (Å²) >= 11 is 0. The predicted octanol–water partition coefficient (Wildman–Crippen LogP) is 3.51. The molecule has 27 heavy (non-hydrogen) atoms. The Balaban J connectivity index is 1.56. The summed E-state index contributed by atoms with van der Waals surface area (Å²) in [6.07, 6.45) is 6.61. The standard InChI is InChI=1S/C21H28N4O2/c1-15-23-19(21(26)25-17-6-4-3-5-7-17)14-20(24-15)22-13-12-16-8-10-18(27-2)11-9-16/h8-11,14,17H,3-7,12-13H2,1-2H3,(H,25,26)(H,22,23,24). The Morgan fingerprint density at radius 1 is 1.15 bits per heavy atom.